The lowest BCUT2D eigenvalue weighted by atomic mass is 10.3. The molecule has 0 fully saturated rings. The quantitative estimate of drug-likeness (QED) is 0.730. The van der Waals surface area contributed by atoms with E-state index in [0.717, 1.165) is 16.9 Å². The van der Waals surface area contributed by atoms with Gasteiger partial charge in [-0.1, -0.05) is 23.2 Å². The second-order valence-electron chi connectivity index (χ2n) is 3.88. The van der Waals surface area contributed by atoms with Crippen molar-refractivity contribution in [2.45, 2.75) is 25.8 Å². The van der Waals surface area contributed by atoms with Crippen LogP contribution in [-0.4, -0.2) is 9.55 Å². The molecule has 0 atom stereocenters. The van der Waals surface area contributed by atoms with Crippen molar-refractivity contribution in [1.82, 2.24) is 9.55 Å². The Bertz CT molecular complexity index is 531. The molecule has 1 heterocycles. The van der Waals surface area contributed by atoms with Crippen molar-refractivity contribution in [3.05, 3.63) is 28.0 Å². The fraction of sp³-hybridized carbons (Fsp3) is 0.364. The van der Waals surface area contributed by atoms with Crippen molar-refractivity contribution >= 4 is 45.8 Å². The normalized spacial score (nSPS) is 11.6. The second kappa shape index (κ2) is 4.44. The van der Waals surface area contributed by atoms with Crippen LogP contribution in [0.4, 0.5) is 0 Å². The van der Waals surface area contributed by atoms with Crippen molar-refractivity contribution in [3.8, 4) is 0 Å². The standard InChI is InChI=1S/C11H11Cl3N2/c1-6(2)16-10-4-8(14)7(13)3-9(10)15-11(16)5-12/h3-4,6H,5H2,1-2H3. The molecule has 0 bridgehead atoms. The summed E-state index contributed by atoms with van der Waals surface area (Å²) in [5.41, 5.74) is 1.80. The molecule has 2 nitrogen and oxygen atoms in total. The van der Waals surface area contributed by atoms with Crippen LogP contribution < -0.4 is 0 Å². The molecule has 1 aromatic carbocycles. The van der Waals surface area contributed by atoms with Gasteiger partial charge in [-0.3, -0.25) is 0 Å². The van der Waals surface area contributed by atoms with Crippen molar-refractivity contribution in [1.29, 1.82) is 0 Å². The van der Waals surface area contributed by atoms with Gasteiger partial charge >= 0.3 is 0 Å². The molecule has 0 saturated carbocycles. The third kappa shape index (κ3) is 1.90. The van der Waals surface area contributed by atoms with Crippen molar-refractivity contribution in [2.75, 3.05) is 0 Å². The number of hydrogen-bond acceptors (Lipinski definition) is 1. The maximum Gasteiger partial charge on any atom is 0.125 e. The summed E-state index contributed by atoms with van der Waals surface area (Å²) in [7, 11) is 0. The Morgan fingerprint density at radius 1 is 1.25 bits per heavy atom. The summed E-state index contributed by atoms with van der Waals surface area (Å²) in [5, 5.41) is 1.06. The Labute approximate surface area is 109 Å². The molecule has 0 radical (unpaired) electrons. The number of nitrogens with zero attached hydrogens (tertiary/aromatic N) is 2. The first-order chi connectivity index (χ1) is 7.54. The fourth-order valence-corrected chi connectivity index (χ4v) is 2.32. The van der Waals surface area contributed by atoms with E-state index < -0.39 is 0 Å². The highest BCUT2D eigenvalue weighted by Crippen LogP contribution is 2.30. The summed E-state index contributed by atoms with van der Waals surface area (Å²) in [5.74, 6) is 1.22. The van der Waals surface area contributed by atoms with Gasteiger partial charge in [0.25, 0.3) is 0 Å². The van der Waals surface area contributed by atoms with E-state index in [2.05, 4.69) is 23.4 Å². The molecule has 0 aliphatic carbocycles. The zero-order valence-corrected chi connectivity index (χ0v) is 11.2. The molecule has 2 rings (SSSR count). The Hall–Kier alpha value is -0.440. The Balaban J connectivity index is 2.79. The van der Waals surface area contributed by atoms with E-state index in [9.17, 15) is 0 Å². The van der Waals surface area contributed by atoms with Gasteiger partial charge in [0.1, 0.15) is 5.82 Å². The van der Waals surface area contributed by atoms with Gasteiger partial charge in [0.15, 0.2) is 0 Å². The lowest BCUT2D eigenvalue weighted by Gasteiger charge is -2.11. The molecule has 0 aliphatic heterocycles. The highest BCUT2D eigenvalue weighted by atomic mass is 35.5. The summed E-state index contributed by atoms with van der Waals surface area (Å²) in [4.78, 5) is 4.44. The number of fused-ring (bicyclic) bond motifs is 1. The van der Waals surface area contributed by atoms with Crippen LogP contribution in [0.3, 0.4) is 0 Å². The number of hydrogen-bond donors (Lipinski definition) is 0. The Kier molecular flexibility index (Phi) is 3.34. The molecule has 0 spiro atoms. The van der Waals surface area contributed by atoms with E-state index in [1.165, 1.54) is 0 Å². The molecule has 0 unspecified atom stereocenters. The van der Waals surface area contributed by atoms with Crippen molar-refractivity contribution in [3.63, 3.8) is 0 Å². The van der Waals surface area contributed by atoms with Crippen LogP contribution in [0, 0.1) is 0 Å². The lowest BCUT2D eigenvalue weighted by Crippen LogP contribution is -2.04. The topological polar surface area (TPSA) is 17.8 Å². The lowest BCUT2D eigenvalue weighted by molar-refractivity contribution is 0.597. The number of aromatic nitrogens is 2. The van der Waals surface area contributed by atoms with Crippen molar-refractivity contribution < 1.29 is 0 Å². The summed E-state index contributed by atoms with van der Waals surface area (Å²) in [6, 6.07) is 3.90. The highest BCUT2D eigenvalue weighted by molar-refractivity contribution is 6.42. The monoisotopic (exact) mass is 276 g/mol. The van der Waals surface area contributed by atoms with Gasteiger partial charge in [-0.15, -0.1) is 11.6 Å². The minimum absolute atomic E-state index is 0.288. The van der Waals surface area contributed by atoms with E-state index in [4.69, 9.17) is 34.8 Å². The smallest absolute Gasteiger partial charge is 0.125 e. The molecule has 1 aromatic heterocycles. The summed E-state index contributed by atoms with van der Waals surface area (Å²) in [6.45, 7) is 4.17. The Morgan fingerprint density at radius 3 is 2.44 bits per heavy atom. The largest absolute Gasteiger partial charge is 0.324 e. The predicted molar refractivity (Wildman–Crippen MR) is 69.7 cm³/mol. The average molecular weight is 278 g/mol. The molecular formula is C11H11Cl3N2. The fourth-order valence-electron chi connectivity index (χ4n) is 1.81. The SMILES string of the molecule is CC(C)n1c(CCl)nc2cc(Cl)c(Cl)cc21. The zero-order chi connectivity index (χ0) is 11.9. The average Bonchev–Trinajstić information content (AvgIpc) is 2.56. The molecule has 16 heavy (non-hydrogen) atoms. The number of alkyl halides is 1. The van der Waals surface area contributed by atoms with Gasteiger partial charge in [0.2, 0.25) is 0 Å². The molecule has 0 aliphatic rings. The minimum atomic E-state index is 0.288. The second-order valence-corrected chi connectivity index (χ2v) is 4.96. The number of imidazole rings is 1. The van der Waals surface area contributed by atoms with Crippen LogP contribution in [-0.2, 0) is 5.88 Å². The van der Waals surface area contributed by atoms with Gasteiger partial charge in [0.05, 0.1) is 27.0 Å². The van der Waals surface area contributed by atoms with E-state index >= 15 is 0 Å². The molecular weight excluding hydrogens is 266 g/mol. The van der Waals surface area contributed by atoms with Crippen LogP contribution in [0.15, 0.2) is 12.1 Å². The number of halogens is 3. The molecule has 0 N–H and O–H groups in total. The van der Waals surface area contributed by atoms with Gasteiger partial charge in [-0.2, -0.15) is 0 Å². The summed E-state index contributed by atoms with van der Waals surface area (Å²) < 4.78 is 2.07. The number of rotatable bonds is 2. The molecule has 5 heteroatoms. The van der Waals surface area contributed by atoms with Gasteiger partial charge in [-0.25, -0.2) is 4.98 Å². The predicted octanol–water partition coefficient (Wildman–Crippen LogP) is 4.66. The molecule has 0 saturated heterocycles. The first-order valence-corrected chi connectivity index (χ1v) is 6.25. The van der Waals surface area contributed by atoms with Crippen LogP contribution in [0.2, 0.25) is 10.0 Å². The van der Waals surface area contributed by atoms with E-state index in [1.54, 1.807) is 6.07 Å². The molecule has 0 amide bonds. The highest BCUT2D eigenvalue weighted by Gasteiger charge is 2.14. The van der Waals surface area contributed by atoms with Gasteiger partial charge in [-0.05, 0) is 26.0 Å². The van der Waals surface area contributed by atoms with Gasteiger partial charge < -0.3 is 4.57 Å². The zero-order valence-electron chi connectivity index (χ0n) is 8.97. The van der Waals surface area contributed by atoms with Crippen LogP contribution >= 0.6 is 34.8 Å². The number of benzene rings is 1. The van der Waals surface area contributed by atoms with Gasteiger partial charge in [0, 0.05) is 6.04 Å². The van der Waals surface area contributed by atoms with Crippen LogP contribution in [0.1, 0.15) is 25.7 Å². The summed E-state index contributed by atoms with van der Waals surface area (Å²) in [6.07, 6.45) is 0. The summed E-state index contributed by atoms with van der Waals surface area (Å²) >= 11 is 17.8. The van der Waals surface area contributed by atoms with E-state index in [0.29, 0.717) is 15.9 Å². The van der Waals surface area contributed by atoms with E-state index in [1.807, 2.05) is 6.07 Å². The third-order valence-corrected chi connectivity index (χ3v) is 3.40. The van der Waals surface area contributed by atoms with E-state index in [-0.39, 0.29) is 6.04 Å². The Morgan fingerprint density at radius 2 is 1.88 bits per heavy atom. The third-order valence-electron chi connectivity index (χ3n) is 2.44. The van der Waals surface area contributed by atoms with Crippen LogP contribution in [0.5, 0.6) is 0 Å². The first kappa shape index (κ1) is 12.0. The van der Waals surface area contributed by atoms with Crippen LogP contribution in [0.25, 0.3) is 11.0 Å². The maximum atomic E-state index is 6.01. The van der Waals surface area contributed by atoms with Crippen molar-refractivity contribution in [2.24, 2.45) is 0 Å². The first-order valence-electron chi connectivity index (χ1n) is 4.96. The minimum Gasteiger partial charge on any atom is -0.324 e. The molecule has 86 valence electrons. The molecule has 2 aromatic rings. The maximum absolute atomic E-state index is 6.01.